The Hall–Kier alpha value is -0.400. The summed E-state index contributed by atoms with van der Waals surface area (Å²) in [6.45, 7) is 0. The molecule has 1 N–H and O–H groups in total. The highest BCUT2D eigenvalue weighted by Gasteiger charge is 2.44. The van der Waals surface area contributed by atoms with Crippen molar-refractivity contribution in [2.45, 2.75) is 37.6 Å². The summed E-state index contributed by atoms with van der Waals surface area (Å²) in [5.41, 5.74) is 7.14. The number of fused-ring (bicyclic) bond motifs is 2. The van der Waals surface area contributed by atoms with Crippen molar-refractivity contribution in [1.29, 1.82) is 5.53 Å². The Morgan fingerprint density at radius 3 is 2.22 bits per heavy atom. The van der Waals surface area contributed by atoms with Crippen molar-refractivity contribution in [2.75, 3.05) is 0 Å². The van der Waals surface area contributed by atoms with E-state index in [1.54, 1.807) is 0 Å². The Kier molecular flexibility index (Phi) is 0.930. The molecule has 2 saturated carbocycles. The molecule has 0 saturated heterocycles. The fraction of sp³-hybridized carbons (Fsp3) is 1.00. The van der Waals surface area contributed by atoms with Gasteiger partial charge in [-0.15, -0.1) is 0 Å². The molecular formula is C7H12N2. The predicted octanol–water partition coefficient (Wildman–Crippen LogP) is 2.35. The zero-order valence-corrected chi connectivity index (χ0v) is 5.56. The van der Waals surface area contributed by atoms with Crippen LogP contribution in [0.1, 0.15) is 32.1 Å². The van der Waals surface area contributed by atoms with Gasteiger partial charge in [-0.25, -0.2) is 5.53 Å². The number of rotatable bonds is 1. The van der Waals surface area contributed by atoms with Gasteiger partial charge in [0.25, 0.3) is 0 Å². The molecule has 50 valence electrons. The fourth-order valence-corrected chi connectivity index (χ4v) is 2.32. The number of nitrogens with zero attached hydrogens (tertiary/aromatic N) is 1. The van der Waals surface area contributed by atoms with E-state index in [4.69, 9.17) is 5.53 Å². The highest BCUT2D eigenvalue weighted by Crippen LogP contribution is 2.49. The normalized spacial score (nSPS) is 47.8. The van der Waals surface area contributed by atoms with Crippen LogP contribution in [0, 0.1) is 11.4 Å². The molecule has 0 aliphatic heterocycles. The van der Waals surface area contributed by atoms with Crippen LogP contribution in [-0.4, -0.2) is 5.54 Å². The SMILES string of the molecule is N=NC12CCC(CC1)C2. The van der Waals surface area contributed by atoms with Crippen LogP contribution in [0.15, 0.2) is 5.11 Å². The summed E-state index contributed by atoms with van der Waals surface area (Å²) >= 11 is 0. The van der Waals surface area contributed by atoms with E-state index in [1.807, 2.05) is 0 Å². The van der Waals surface area contributed by atoms with Gasteiger partial charge in [-0.1, -0.05) is 0 Å². The third kappa shape index (κ3) is 0.620. The molecule has 2 heteroatoms. The molecule has 9 heavy (non-hydrogen) atoms. The molecule has 2 rings (SSSR count). The maximum absolute atomic E-state index is 7.00. The maximum Gasteiger partial charge on any atom is 0.0816 e. The van der Waals surface area contributed by atoms with E-state index in [1.165, 1.54) is 32.1 Å². The molecule has 0 aromatic carbocycles. The van der Waals surface area contributed by atoms with Crippen molar-refractivity contribution in [2.24, 2.45) is 11.0 Å². The van der Waals surface area contributed by atoms with E-state index < -0.39 is 0 Å². The summed E-state index contributed by atoms with van der Waals surface area (Å²) in [5, 5.41) is 3.73. The summed E-state index contributed by atoms with van der Waals surface area (Å²) in [5.74, 6) is 0.930. The van der Waals surface area contributed by atoms with Gasteiger partial charge in [0.15, 0.2) is 0 Å². The van der Waals surface area contributed by atoms with Crippen LogP contribution < -0.4 is 0 Å². The molecule has 2 aliphatic carbocycles. The monoisotopic (exact) mass is 124 g/mol. The summed E-state index contributed by atoms with van der Waals surface area (Å²) < 4.78 is 0. The van der Waals surface area contributed by atoms with E-state index in [-0.39, 0.29) is 5.54 Å². The van der Waals surface area contributed by atoms with Gasteiger partial charge in [0.05, 0.1) is 5.54 Å². The lowest BCUT2D eigenvalue weighted by molar-refractivity contribution is 0.397. The van der Waals surface area contributed by atoms with Gasteiger partial charge in [-0.2, -0.15) is 5.11 Å². The van der Waals surface area contributed by atoms with Crippen LogP contribution >= 0.6 is 0 Å². The lowest BCUT2D eigenvalue weighted by Gasteiger charge is -2.17. The van der Waals surface area contributed by atoms with Crippen LogP contribution in [0.5, 0.6) is 0 Å². The first-order valence-corrected chi connectivity index (χ1v) is 3.73. The topological polar surface area (TPSA) is 36.2 Å². The Morgan fingerprint density at radius 2 is 2.00 bits per heavy atom. The highest BCUT2D eigenvalue weighted by molar-refractivity contribution is 5.01. The molecule has 2 fully saturated rings. The molecule has 0 radical (unpaired) electrons. The zero-order valence-electron chi connectivity index (χ0n) is 5.56. The van der Waals surface area contributed by atoms with Crippen LogP contribution in [0.3, 0.4) is 0 Å². The smallest absolute Gasteiger partial charge is 0.0816 e. The highest BCUT2D eigenvalue weighted by atomic mass is 15.0. The average Bonchev–Trinajstić information content (AvgIpc) is 2.46. The van der Waals surface area contributed by atoms with Gasteiger partial charge in [0.1, 0.15) is 0 Å². The molecule has 2 nitrogen and oxygen atoms in total. The van der Waals surface area contributed by atoms with E-state index in [0.29, 0.717) is 0 Å². The molecule has 2 aliphatic rings. The quantitative estimate of drug-likeness (QED) is 0.521. The molecule has 0 aromatic rings. The zero-order chi connectivity index (χ0) is 6.32. The lowest BCUT2D eigenvalue weighted by atomic mass is 9.95. The predicted molar refractivity (Wildman–Crippen MR) is 34.5 cm³/mol. The second-order valence-corrected chi connectivity index (χ2v) is 3.48. The Balaban J connectivity index is 2.21. The van der Waals surface area contributed by atoms with Crippen LogP contribution in [0.4, 0.5) is 0 Å². The van der Waals surface area contributed by atoms with Crippen molar-refractivity contribution < 1.29 is 0 Å². The number of hydrogen-bond donors (Lipinski definition) is 1. The summed E-state index contributed by atoms with van der Waals surface area (Å²) in [6.07, 6.45) is 6.28. The second kappa shape index (κ2) is 1.55. The molecule has 2 bridgehead atoms. The minimum Gasteiger partial charge on any atom is -0.209 e. The van der Waals surface area contributed by atoms with Crippen LogP contribution in [-0.2, 0) is 0 Å². The average molecular weight is 124 g/mol. The summed E-state index contributed by atoms with van der Waals surface area (Å²) in [6, 6.07) is 0. The first-order valence-electron chi connectivity index (χ1n) is 3.73. The van der Waals surface area contributed by atoms with E-state index in [0.717, 1.165) is 5.92 Å². The van der Waals surface area contributed by atoms with Gasteiger partial charge in [0, 0.05) is 0 Å². The first-order chi connectivity index (χ1) is 4.35. The number of nitrogens with one attached hydrogen (secondary N) is 1. The fourth-order valence-electron chi connectivity index (χ4n) is 2.32. The van der Waals surface area contributed by atoms with Crippen molar-refractivity contribution in [3.05, 3.63) is 0 Å². The minimum absolute atomic E-state index is 0.144. The van der Waals surface area contributed by atoms with Crippen molar-refractivity contribution in [1.82, 2.24) is 0 Å². The molecule has 0 spiro atoms. The Morgan fingerprint density at radius 1 is 1.33 bits per heavy atom. The van der Waals surface area contributed by atoms with Crippen LogP contribution in [0.25, 0.3) is 0 Å². The van der Waals surface area contributed by atoms with E-state index >= 15 is 0 Å². The van der Waals surface area contributed by atoms with Gasteiger partial charge < -0.3 is 0 Å². The Bertz CT molecular complexity index is 134. The molecule has 0 aromatic heterocycles. The molecule has 0 amide bonds. The van der Waals surface area contributed by atoms with Crippen molar-refractivity contribution in [3.8, 4) is 0 Å². The van der Waals surface area contributed by atoms with Gasteiger partial charge in [0.2, 0.25) is 0 Å². The van der Waals surface area contributed by atoms with Crippen molar-refractivity contribution in [3.63, 3.8) is 0 Å². The largest absolute Gasteiger partial charge is 0.209 e. The molecule has 0 unspecified atom stereocenters. The van der Waals surface area contributed by atoms with Gasteiger partial charge in [-0.05, 0) is 38.0 Å². The van der Waals surface area contributed by atoms with Gasteiger partial charge in [-0.3, -0.25) is 0 Å². The van der Waals surface area contributed by atoms with Crippen LogP contribution in [0.2, 0.25) is 0 Å². The second-order valence-electron chi connectivity index (χ2n) is 3.48. The van der Waals surface area contributed by atoms with E-state index in [9.17, 15) is 0 Å². The summed E-state index contributed by atoms with van der Waals surface area (Å²) in [7, 11) is 0. The maximum atomic E-state index is 7.00. The minimum atomic E-state index is 0.144. The lowest BCUT2D eigenvalue weighted by Crippen LogP contribution is -2.17. The Labute approximate surface area is 55.2 Å². The van der Waals surface area contributed by atoms with E-state index in [2.05, 4.69) is 5.11 Å². The molecular weight excluding hydrogens is 112 g/mol. The summed E-state index contributed by atoms with van der Waals surface area (Å²) in [4.78, 5) is 0. The molecule has 0 atom stereocenters. The third-order valence-electron chi connectivity index (χ3n) is 2.94. The number of hydrogen-bond acceptors (Lipinski definition) is 2. The van der Waals surface area contributed by atoms with Gasteiger partial charge >= 0.3 is 0 Å². The first kappa shape index (κ1) is 5.39. The van der Waals surface area contributed by atoms with Crippen molar-refractivity contribution >= 4 is 0 Å². The molecule has 0 heterocycles. The third-order valence-corrected chi connectivity index (χ3v) is 2.94. The standard InChI is InChI=1S/C7H12N2/c8-9-7-3-1-6(5-7)2-4-7/h6,8H,1-5H2.